The zero-order valence-electron chi connectivity index (χ0n) is 15.6. The Hall–Kier alpha value is -2.32. The lowest BCUT2D eigenvalue weighted by Crippen LogP contribution is -2.43. The Morgan fingerprint density at radius 1 is 1.15 bits per heavy atom. The third-order valence-electron chi connectivity index (χ3n) is 3.98. The summed E-state index contributed by atoms with van der Waals surface area (Å²) in [6.07, 6.45) is -0.473. The molecule has 144 valence electrons. The molecule has 1 aromatic rings. The smallest absolute Gasteiger partial charge is 0.325 e. The maximum Gasteiger partial charge on any atom is 0.325 e. The first-order valence-electron chi connectivity index (χ1n) is 8.79. The van der Waals surface area contributed by atoms with Crippen molar-refractivity contribution < 1.29 is 23.8 Å². The monoisotopic (exact) mass is 365 g/mol. The van der Waals surface area contributed by atoms with Gasteiger partial charge in [-0.15, -0.1) is 0 Å². The molecule has 0 radical (unpaired) electrons. The number of carbonyl (C=O) groups excluding carboxylic acids is 2. The van der Waals surface area contributed by atoms with Gasteiger partial charge in [0.05, 0.1) is 13.7 Å². The van der Waals surface area contributed by atoms with Crippen LogP contribution in [0.4, 0.5) is 10.5 Å². The van der Waals surface area contributed by atoms with E-state index in [1.807, 2.05) is 26.0 Å². The Bertz CT molecular complexity index is 587. The van der Waals surface area contributed by atoms with E-state index in [2.05, 4.69) is 5.32 Å². The van der Waals surface area contributed by atoms with Gasteiger partial charge in [-0.25, -0.2) is 4.79 Å². The highest BCUT2D eigenvalue weighted by atomic mass is 16.7. The molecule has 0 saturated carbocycles. The maximum absolute atomic E-state index is 12.5. The average Bonchev–Trinajstić information content (AvgIpc) is 3.00. The number of rotatable bonds is 10. The molecule has 0 aliphatic carbocycles. The topological polar surface area (TPSA) is 80.3 Å². The minimum atomic E-state index is -0.473. The molecule has 1 aliphatic rings. The summed E-state index contributed by atoms with van der Waals surface area (Å²) in [5.41, 5.74) is 0.784. The highest BCUT2D eigenvalue weighted by Crippen LogP contribution is 2.23. The summed E-state index contributed by atoms with van der Waals surface area (Å²) in [6.45, 7) is 6.04. The predicted octanol–water partition coefficient (Wildman–Crippen LogP) is 1.45. The van der Waals surface area contributed by atoms with Crippen LogP contribution in [-0.4, -0.2) is 69.6 Å². The molecule has 8 nitrogen and oxygen atoms in total. The van der Waals surface area contributed by atoms with Crippen LogP contribution in [0.25, 0.3) is 0 Å². The largest absolute Gasteiger partial charge is 0.497 e. The molecule has 1 aliphatic heterocycles. The molecule has 26 heavy (non-hydrogen) atoms. The van der Waals surface area contributed by atoms with E-state index in [9.17, 15) is 9.59 Å². The van der Waals surface area contributed by atoms with Gasteiger partial charge in [0.2, 0.25) is 5.91 Å². The highest BCUT2D eigenvalue weighted by molar-refractivity contribution is 5.96. The molecule has 8 heteroatoms. The first-order valence-corrected chi connectivity index (χ1v) is 8.79. The fourth-order valence-electron chi connectivity index (χ4n) is 2.70. The van der Waals surface area contributed by atoms with Crippen LogP contribution in [0, 0.1) is 0 Å². The quantitative estimate of drug-likeness (QED) is 0.635. The fraction of sp³-hybridized carbons (Fsp3) is 0.556. The molecule has 0 aromatic heterocycles. The Balaban J connectivity index is 1.84. The SMILES string of the molecule is CCOC(CNC(=O)CN1CCN(c2ccc(OC)cc2)C1=O)OCC. The minimum Gasteiger partial charge on any atom is -0.497 e. The van der Waals surface area contributed by atoms with E-state index in [0.29, 0.717) is 26.3 Å². The molecule has 1 fully saturated rings. The second-order valence-corrected chi connectivity index (χ2v) is 5.70. The lowest BCUT2D eigenvalue weighted by molar-refractivity contribution is -0.140. The van der Waals surface area contributed by atoms with Crippen molar-refractivity contribution in [2.75, 3.05) is 51.4 Å². The summed E-state index contributed by atoms with van der Waals surface area (Å²) in [5, 5.41) is 2.75. The molecule has 1 N–H and O–H groups in total. The third-order valence-corrected chi connectivity index (χ3v) is 3.98. The summed E-state index contributed by atoms with van der Waals surface area (Å²) in [4.78, 5) is 27.8. The summed E-state index contributed by atoms with van der Waals surface area (Å²) < 4.78 is 15.9. The van der Waals surface area contributed by atoms with E-state index in [-0.39, 0.29) is 25.0 Å². The van der Waals surface area contributed by atoms with Gasteiger partial charge in [-0.05, 0) is 38.1 Å². The van der Waals surface area contributed by atoms with Gasteiger partial charge >= 0.3 is 6.03 Å². The van der Waals surface area contributed by atoms with Crippen LogP contribution in [0.2, 0.25) is 0 Å². The molecule has 2 rings (SSSR count). The Labute approximate surface area is 154 Å². The van der Waals surface area contributed by atoms with Crippen LogP contribution in [0.15, 0.2) is 24.3 Å². The van der Waals surface area contributed by atoms with E-state index in [0.717, 1.165) is 11.4 Å². The molecule has 1 aromatic carbocycles. The average molecular weight is 365 g/mol. The minimum absolute atomic E-state index is 0.0104. The number of methoxy groups -OCH3 is 1. The second kappa shape index (κ2) is 9.98. The fourth-order valence-corrected chi connectivity index (χ4v) is 2.70. The number of anilines is 1. The highest BCUT2D eigenvalue weighted by Gasteiger charge is 2.30. The van der Waals surface area contributed by atoms with Crippen molar-refractivity contribution in [1.82, 2.24) is 10.2 Å². The van der Waals surface area contributed by atoms with Crippen molar-refractivity contribution in [2.24, 2.45) is 0 Å². The molecule has 1 saturated heterocycles. The van der Waals surface area contributed by atoms with Gasteiger partial charge in [0.1, 0.15) is 12.3 Å². The molecular weight excluding hydrogens is 338 g/mol. The lowest BCUT2D eigenvalue weighted by Gasteiger charge is -2.20. The van der Waals surface area contributed by atoms with Crippen molar-refractivity contribution in [3.05, 3.63) is 24.3 Å². The molecule has 0 atom stereocenters. The summed E-state index contributed by atoms with van der Waals surface area (Å²) in [5.74, 6) is 0.495. The van der Waals surface area contributed by atoms with Gasteiger partial charge in [-0.2, -0.15) is 0 Å². The number of amides is 3. The van der Waals surface area contributed by atoms with Crippen LogP contribution in [0.5, 0.6) is 5.75 Å². The van der Waals surface area contributed by atoms with E-state index in [1.165, 1.54) is 4.90 Å². The summed E-state index contributed by atoms with van der Waals surface area (Å²) in [6, 6.07) is 7.08. The van der Waals surface area contributed by atoms with Crippen LogP contribution < -0.4 is 15.0 Å². The summed E-state index contributed by atoms with van der Waals surface area (Å²) >= 11 is 0. The molecular formula is C18H27N3O5. The number of urea groups is 1. The van der Waals surface area contributed by atoms with Gasteiger partial charge in [0.25, 0.3) is 0 Å². The van der Waals surface area contributed by atoms with Gasteiger partial charge in [0.15, 0.2) is 6.29 Å². The second-order valence-electron chi connectivity index (χ2n) is 5.70. The van der Waals surface area contributed by atoms with Gasteiger partial charge < -0.3 is 24.4 Å². The Morgan fingerprint density at radius 3 is 2.38 bits per heavy atom. The molecule has 0 spiro atoms. The number of nitrogens with one attached hydrogen (secondary N) is 1. The predicted molar refractivity (Wildman–Crippen MR) is 97.4 cm³/mol. The normalized spacial score (nSPS) is 14.2. The number of hydrogen-bond donors (Lipinski definition) is 1. The number of nitrogens with zero attached hydrogens (tertiary/aromatic N) is 2. The number of ether oxygens (including phenoxy) is 3. The Kier molecular flexibility index (Phi) is 7.68. The Morgan fingerprint density at radius 2 is 1.81 bits per heavy atom. The summed E-state index contributed by atoms with van der Waals surface area (Å²) in [7, 11) is 1.60. The van der Waals surface area contributed by atoms with Crippen LogP contribution >= 0.6 is 0 Å². The van der Waals surface area contributed by atoms with Crippen molar-refractivity contribution in [3.63, 3.8) is 0 Å². The molecule has 0 unspecified atom stereocenters. The zero-order valence-corrected chi connectivity index (χ0v) is 15.6. The number of carbonyl (C=O) groups is 2. The lowest BCUT2D eigenvalue weighted by atomic mass is 10.3. The standard InChI is InChI=1S/C18H27N3O5/c1-4-25-17(26-5-2)12-19-16(22)13-20-10-11-21(18(20)23)14-6-8-15(24-3)9-7-14/h6-9,17H,4-5,10-13H2,1-3H3,(H,19,22). The van der Waals surface area contributed by atoms with Gasteiger partial charge in [-0.1, -0.05) is 0 Å². The van der Waals surface area contributed by atoms with E-state index < -0.39 is 6.29 Å². The number of benzene rings is 1. The van der Waals surface area contributed by atoms with Crippen molar-refractivity contribution in [2.45, 2.75) is 20.1 Å². The van der Waals surface area contributed by atoms with E-state index in [4.69, 9.17) is 14.2 Å². The zero-order chi connectivity index (χ0) is 18.9. The maximum atomic E-state index is 12.5. The van der Waals surface area contributed by atoms with E-state index in [1.54, 1.807) is 24.1 Å². The van der Waals surface area contributed by atoms with Crippen LogP contribution in [0.1, 0.15) is 13.8 Å². The molecule has 0 bridgehead atoms. The van der Waals surface area contributed by atoms with Crippen LogP contribution in [0.3, 0.4) is 0 Å². The first kappa shape index (κ1) is 20.0. The van der Waals surface area contributed by atoms with Crippen molar-refractivity contribution >= 4 is 17.6 Å². The number of hydrogen-bond acceptors (Lipinski definition) is 5. The third kappa shape index (κ3) is 5.34. The van der Waals surface area contributed by atoms with E-state index >= 15 is 0 Å². The van der Waals surface area contributed by atoms with Crippen LogP contribution in [-0.2, 0) is 14.3 Å². The molecule has 3 amide bonds. The van der Waals surface area contributed by atoms with Gasteiger partial charge in [-0.3, -0.25) is 9.69 Å². The molecule has 1 heterocycles. The van der Waals surface area contributed by atoms with Gasteiger partial charge in [0, 0.05) is 32.0 Å². The first-order chi connectivity index (χ1) is 12.6. The van der Waals surface area contributed by atoms with Crippen molar-refractivity contribution in [1.29, 1.82) is 0 Å². The van der Waals surface area contributed by atoms with Crippen molar-refractivity contribution in [3.8, 4) is 5.75 Å².